The van der Waals surface area contributed by atoms with Crippen LogP contribution in [-0.2, 0) is 12.8 Å². The van der Waals surface area contributed by atoms with Crippen LogP contribution in [0.5, 0.6) is 0 Å². The second kappa shape index (κ2) is 9.00. The van der Waals surface area contributed by atoms with Crippen LogP contribution in [0.25, 0.3) is 0 Å². The Kier molecular flexibility index (Phi) is 6.22. The Morgan fingerprint density at radius 2 is 1.07 bits per heavy atom. The number of amides is 2. The van der Waals surface area contributed by atoms with Crippen molar-refractivity contribution in [3.8, 4) is 0 Å². The second-order valence-corrected chi connectivity index (χ2v) is 6.56. The summed E-state index contributed by atoms with van der Waals surface area (Å²) in [7, 11) is 0. The molecule has 0 radical (unpaired) electrons. The van der Waals surface area contributed by atoms with E-state index in [1.807, 2.05) is 48.5 Å². The third-order valence-corrected chi connectivity index (χ3v) is 4.60. The van der Waals surface area contributed by atoms with E-state index in [1.54, 1.807) is 24.3 Å². The van der Waals surface area contributed by atoms with E-state index in [2.05, 4.69) is 24.5 Å². The lowest BCUT2D eigenvalue weighted by molar-refractivity contribution is 0.0990. The van der Waals surface area contributed by atoms with Gasteiger partial charge in [-0.05, 0) is 60.4 Å². The summed E-state index contributed by atoms with van der Waals surface area (Å²) in [5.74, 6) is -0.609. The van der Waals surface area contributed by atoms with Crippen LogP contribution in [0.15, 0.2) is 72.8 Å². The van der Waals surface area contributed by atoms with Gasteiger partial charge in [-0.3, -0.25) is 9.59 Å². The topological polar surface area (TPSA) is 58.2 Å². The average molecular weight is 372 g/mol. The van der Waals surface area contributed by atoms with Gasteiger partial charge in [0.2, 0.25) is 0 Å². The molecule has 2 N–H and O–H groups in total. The Morgan fingerprint density at radius 1 is 0.643 bits per heavy atom. The van der Waals surface area contributed by atoms with Crippen LogP contribution in [0.4, 0.5) is 11.4 Å². The summed E-state index contributed by atoms with van der Waals surface area (Å²) in [6.45, 7) is 4.13. The number of benzene rings is 3. The van der Waals surface area contributed by atoms with Crippen molar-refractivity contribution >= 4 is 23.2 Å². The fourth-order valence-electron chi connectivity index (χ4n) is 3.01. The molecule has 0 unspecified atom stereocenters. The van der Waals surface area contributed by atoms with Gasteiger partial charge in [0.1, 0.15) is 0 Å². The van der Waals surface area contributed by atoms with E-state index in [9.17, 15) is 9.59 Å². The minimum Gasteiger partial charge on any atom is -0.322 e. The van der Waals surface area contributed by atoms with Crippen LogP contribution in [0, 0.1) is 0 Å². The largest absolute Gasteiger partial charge is 0.322 e. The van der Waals surface area contributed by atoms with Crippen molar-refractivity contribution < 1.29 is 9.59 Å². The lowest BCUT2D eigenvalue weighted by Crippen LogP contribution is -2.20. The zero-order valence-corrected chi connectivity index (χ0v) is 16.2. The monoisotopic (exact) mass is 372 g/mol. The Hall–Kier alpha value is -3.40. The summed E-state index contributed by atoms with van der Waals surface area (Å²) >= 11 is 0. The molecule has 0 saturated heterocycles. The average Bonchev–Trinajstić information content (AvgIpc) is 2.74. The highest BCUT2D eigenvalue weighted by Gasteiger charge is 2.17. The first-order valence-corrected chi connectivity index (χ1v) is 9.50. The van der Waals surface area contributed by atoms with Gasteiger partial charge >= 0.3 is 0 Å². The Bertz CT molecular complexity index is 915. The molecule has 0 aliphatic rings. The van der Waals surface area contributed by atoms with Crippen molar-refractivity contribution in [3.63, 3.8) is 0 Å². The van der Waals surface area contributed by atoms with Gasteiger partial charge < -0.3 is 10.6 Å². The van der Waals surface area contributed by atoms with Gasteiger partial charge in [0.05, 0.1) is 11.1 Å². The highest BCUT2D eigenvalue weighted by Crippen LogP contribution is 2.17. The van der Waals surface area contributed by atoms with E-state index in [1.165, 1.54) is 0 Å². The number of nitrogens with one attached hydrogen (secondary N) is 2. The van der Waals surface area contributed by atoms with Gasteiger partial charge in [0.25, 0.3) is 11.8 Å². The summed E-state index contributed by atoms with van der Waals surface area (Å²) in [5, 5.41) is 5.78. The molecule has 142 valence electrons. The van der Waals surface area contributed by atoms with Gasteiger partial charge in [-0.25, -0.2) is 0 Å². The van der Waals surface area contributed by atoms with Gasteiger partial charge in [0.15, 0.2) is 0 Å². The number of carbonyl (C=O) groups excluding carboxylic acids is 2. The van der Waals surface area contributed by atoms with E-state index in [0.717, 1.165) is 35.3 Å². The first-order chi connectivity index (χ1) is 13.6. The number of hydrogen-bond acceptors (Lipinski definition) is 2. The van der Waals surface area contributed by atoms with Gasteiger partial charge in [-0.2, -0.15) is 0 Å². The van der Waals surface area contributed by atoms with Crippen molar-refractivity contribution in [3.05, 3.63) is 95.1 Å². The maximum Gasteiger partial charge on any atom is 0.256 e. The minimum absolute atomic E-state index is 0.304. The predicted octanol–water partition coefficient (Wildman–Crippen LogP) is 5.32. The van der Waals surface area contributed by atoms with Crippen LogP contribution in [-0.4, -0.2) is 11.8 Å². The molecule has 28 heavy (non-hydrogen) atoms. The highest BCUT2D eigenvalue weighted by atomic mass is 16.2. The van der Waals surface area contributed by atoms with E-state index in [-0.39, 0.29) is 11.8 Å². The molecule has 0 aliphatic carbocycles. The summed E-state index contributed by atoms with van der Waals surface area (Å²) in [6, 6.07) is 22.3. The fraction of sp³-hybridized carbons (Fsp3) is 0.167. The van der Waals surface area contributed by atoms with Crippen LogP contribution in [0.1, 0.15) is 45.7 Å². The number of aryl methyl sites for hydroxylation is 2. The molecule has 0 aliphatic heterocycles. The van der Waals surface area contributed by atoms with E-state index in [0.29, 0.717) is 11.1 Å². The van der Waals surface area contributed by atoms with Gasteiger partial charge in [0, 0.05) is 11.4 Å². The van der Waals surface area contributed by atoms with E-state index >= 15 is 0 Å². The smallest absolute Gasteiger partial charge is 0.256 e. The Labute approximate surface area is 165 Å². The molecule has 0 fully saturated rings. The molecule has 2 amide bonds. The van der Waals surface area contributed by atoms with Gasteiger partial charge in [-0.15, -0.1) is 0 Å². The van der Waals surface area contributed by atoms with Crippen LogP contribution in [0.3, 0.4) is 0 Å². The zero-order chi connectivity index (χ0) is 19.9. The van der Waals surface area contributed by atoms with Gasteiger partial charge in [-0.1, -0.05) is 50.2 Å². The highest BCUT2D eigenvalue weighted by molar-refractivity contribution is 6.15. The number of rotatable bonds is 6. The van der Waals surface area contributed by atoms with Crippen LogP contribution in [0.2, 0.25) is 0 Å². The minimum atomic E-state index is -0.304. The molecular formula is C24H24N2O2. The third kappa shape index (κ3) is 4.65. The first kappa shape index (κ1) is 19.4. The summed E-state index contributed by atoms with van der Waals surface area (Å²) in [6.07, 6.45) is 1.78. The molecule has 0 saturated carbocycles. The molecule has 0 atom stereocenters. The van der Waals surface area contributed by atoms with Crippen molar-refractivity contribution in [2.24, 2.45) is 0 Å². The lowest BCUT2D eigenvalue weighted by Gasteiger charge is -2.12. The first-order valence-electron chi connectivity index (χ1n) is 9.50. The molecule has 3 aromatic rings. The molecule has 4 nitrogen and oxygen atoms in total. The molecule has 0 heterocycles. The molecule has 0 aromatic heterocycles. The van der Waals surface area contributed by atoms with Crippen molar-refractivity contribution in [2.45, 2.75) is 26.7 Å². The van der Waals surface area contributed by atoms with Crippen molar-refractivity contribution in [1.82, 2.24) is 0 Å². The molecule has 0 spiro atoms. The SMILES string of the molecule is CCc1cccc(NC(=O)c2ccccc2C(=O)Nc2cccc(CC)c2)c1. The Morgan fingerprint density at radius 3 is 1.46 bits per heavy atom. The quantitative estimate of drug-likeness (QED) is 0.615. The molecule has 3 rings (SSSR count). The standard InChI is InChI=1S/C24H24N2O2/c1-3-17-9-7-11-19(15-17)25-23(27)21-13-5-6-14-22(21)24(28)26-20-12-8-10-18(4-2)16-20/h5-16H,3-4H2,1-2H3,(H,25,27)(H,26,28). The van der Waals surface area contributed by atoms with E-state index in [4.69, 9.17) is 0 Å². The van der Waals surface area contributed by atoms with Crippen LogP contribution >= 0.6 is 0 Å². The number of hydrogen-bond donors (Lipinski definition) is 2. The second-order valence-electron chi connectivity index (χ2n) is 6.56. The number of anilines is 2. The predicted molar refractivity (Wildman–Crippen MR) is 114 cm³/mol. The fourth-order valence-corrected chi connectivity index (χ4v) is 3.01. The Balaban J connectivity index is 1.81. The lowest BCUT2D eigenvalue weighted by atomic mass is 10.1. The summed E-state index contributed by atoms with van der Waals surface area (Å²) in [4.78, 5) is 25.6. The van der Waals surface area contributed by atoms with E-state index < -0.39 is 0 Å². The molecule has 3 aromatic carbocycles. The molecule has 0 bridgehead atoms. The molecular weight excluding hydrogens is 348 g/mol. The zero-order valence-electron chi connectivity index (χ0n) is 16.2. The number of carbonyl (C=O) groups is 2. The maximum atomic E-state index is 12.8. The third-order valence-electron chi connectivity index (χ3n) is 4.60. The van der Waals surface area contributed by atoms with Crippen LogP contribution < -0.4 is 10.6 Å². The molecule has 4 heteroatoms. The summed E-state index contributed by atoms with van der Waals surface area (Å²) in [5.41, 5.74) is 4.40. The maximum absolute atomic E-state index is 12.8. The van der Waals surface area contributed by atoms with Crippen molar-refractivity contribution in [2.75, 3.05) is 10.6 Å². The van der Waals surface area contributed by atoms with Crippen molar-refractivity contribution in [1.29, 1.82) is 0 Å². The normalized spacial score (nSPS) is 10.4. The summed E-state index contributed by atoms with van der Waals surface area (Å²) < 4.78 is 0.